The van der Waals surface area contributed by atoms with Crippen LogP contribution in [-0.2, 0) is 4.79 Å². The molecule has 0 bridgehead atoms. The van der Waals surface area contributed by atoms with Gasteiger partial charge < -0.3 is 10.4 Å². The van der Waals surface area contributed by atoms with Gasteiger partial charge in [-0.15, -0.1) is 11.6 Å². The molecule has 14 heavy (non-hydrogen) atoms. The molecule has 0 aliphatic rings. The number of hydrogen-bond donors (Lipinski definition) is 2. The SMILES string of the molecule is O=C(CCCCl)Nc1ccc(O)cc1. The molecule has 2 N–H and O–H groups in total. The highest BCUT2D eigenvalue weighted by atomic mass is 35.5. The van der Waals surface area contributed by atoms with Gasteiger partial charge in [-0.3, -0.25) is 4.79 Å². The van der Waals surface area contributed by atoms with Crippen LogP contribution in [0.3, 0.4) is 0 Å². The minimum absolute atomic E-state index is 0.0589. The molecule has 0 aliphatic carbocycles. The number of anilines is 1. The van der Waals surface area contributed by atoms with Crippen LogP contribution < -0.4 is 5.32 Å². The molecule has 0 heterocycles. The van der Waals surface area contributed by atoms with Crippen molar-refractivity contribution in [1.29, 1.82) is 0 Å². The van der Waals surface area contributed by atoms with Crippen LogP contribution in [0.15, 0.2) is 24.3 Å². The molecule has 0 aliphatic heterocycles. The van der Waals surface area contributed by atoms with Crippen molar-refractivity contribution in [3.63, 3.8) is 0 Å². The molecule has 76 valence electrons. The van der Waals surface area contributed by atoms with E-state index in [2.05, 4.69) is 5.32 Å². The molecule has 1 aromatic carbocycles. The van der Waals surface area contributed by atoms with Gasteiger partial charge in [-0.05, 0) is 30.7 Å². The highest BCUT2D eigenvalue weighted by Crippen LogP contribution is 2.13. The third-order valence-electron chi connectivity index (χ3n) is 1.69. The Balaban J connectivity index is 2.44. The second-order valence-electron chi connectivity index (χ2n) is 2.89. The molecule has 1 amide bonds. The van der Waals surface area contributed by atoms with E-state index in [9.17, 15) is 4.79 Å². The summed E-state index contributed by atoms with van der Waals surface area (Å²) in [6.45, 7) is 0. The van der Waals surface area contributed by atoms with Crippen molar-refractivity contribution in [3.05, 3.63) is 24.3 Å². The van der Waals surface area contributed by atoms with Crippen molar-refractivity contribution >= 4 is 23.2 Å². The van der Waals surface area contributed by atoms with Crippen LogP contribution in [0.5, 0.6) is 5.75 Å². The Morgan fingerprint density at radius 3 is 2.57 bits per heavy atom. The molecule has 4 heteroatoms. The lowest BCUT2D eigenvalue weighted by Crippen LogP contribution is -2.10. The molecule has 0 atom stereocenters. The van der Waals surface area contributed by atoms with Crippen LogP contribution in [0.1, 0.15) is 12.8 Å². The number of alkyl halides is 1. The lowest BCUT2D eigenvalue weighted by Gasteiger charge is -2.03. The Morgan fingerprint density at radius 2 is 2.00 bits per heavy atom. The molecule has 0 radical (unpaired) electrons. The predicted octanol–water partition coefficient (Wildman–Crippen LogP) is 2.35. The summed E-state index contributed by atoms with van der Waals surface area (Å²) in [6, 6.07) is 6.34. The van der Waals surface area contributed by atoms with Crippen molar-refractivity contribution < 1.29 is 9.90 Å². The van der Waals surface area contributed by atoms with Gasteiger partial charge in [0.1, 0.15) is 5.75 Å². The van der Waals surface area contributed by atoms with E-state index < -0.39 is 0 Å². The van der Waals surface area contributed by atoms with Gasteiger partial charge >= 0.3 is 0 Å². The van der Waals surface area contributed by atoms with Crippen LogP contribution in [0.4, 0.5) is 5.69 Å². The van der Waals surface area contributed by atoms with E-state index in [1.54, 1.807) is 12.1 Å². The molecule has 0 unspecified atom stereocenters. The van der Waals surface area contributed by atoms with Gasteiger partial charge in [-0.1, -0.05) is 0 Å². The van der Waals surface area contributed by atoms with Crippen molar-refractivity contribution in [2.75, 3.05) is 11.2 Å². The number of amides is 1. The van der Waals surface area contributed by atoms with Gasteiger partial charge in [0.05, 0.1) is 0 Å². The second-order valence-corrected chi connectivity index (χ2v) is 3.27. The maximum Gasteiger partial charge on any atom is 0.224 e. The fourth-order valence-corrected chi connectivity index (χ4v) is 1.13. The molecule has 3 nitrogen and oxygen atoms in total. The van der Waals surface area contributed by atoms with E-state index in [4.69, 9.17) is 16.7 Å². The highest BCUT2D eigenvalue weighted by molar-refractivity contribution is 6.18. The first-order valence-electron chi connectivity index (χ1n) is 4.37. The Hall–Kier alpha value is -1.22. The van der Waals surface area contributed by atoms with Crippen molar-refractivity contribution in [2.24, 2.45) is 0 Å². The largest absolute Gasteiger partial charge is 0.508 e. The van der Waals surface area contributed by atoms with E-state index >= 15 is 0 Å². The average molecular weight is 214 g/mol. The van der Waals surface area contributed by atoms with Gasteiger partial charge in [0.15, 0.2) is 0 Å². The molecular weight excluding hydrogens is 202 g/mol. The molecular formula is C10H12ClNO2. The summed E-state index contributed by atoms with van der Waals surface area (Å²) in [4.78, 5) is 11.2. The average Bonchev–Trinajstić information content (AvgIpc) is 2.18. The number of carbonyl (C=O) groups excluding carboxylic acids is 1. The fraction of sp³-hybridized carbons (Fsp3) is 0.300. The van der Waals surface area contributed by atoms with Crippen LogP contribution in [0.2, 0.25) is 0 Å². The van der Waals surface area contributed by atoms with E-state index in [1.807, 2.05) is 0 Å². The maximum absolute atomic E-state index is 11.2. The molecule has 0 fully saturated rings. The number of halogens is 1. The Labute approximate surface area is 87.7 Å². The van der Waals surface area contributed by atoms with E-state index in [0.29, 0.717) is 24.4 Å². The van der Waals surface area contributed by atoms with Gasteiger partial charge in [-0.2, -0.15) is 0 Å². The van der Waals surface area contributed by atoms with Crippen molar-refractivity contribution in [2.45, 2.75) is 12.8 Å². The maximum atomic E-state index is 11.2. The summed E-state index contributed by atoms with van der Waals surface area (Å²) in [5, 5.41) is 11.7. The van der Waals surface area contributed by atoms with Gasteiger partial charge in [0, 0.05) is 18.0 Å². The molecule has 1 rings (SSSR count). The van der Waals surface area contributed by atoms with Crippen molar-refractivity contribution in [1.82, 2.24) is 0 Å². The highest BCUT2D eigenvalue weighted by Gasteiger charge is 2.00. The van der Waals surface area contributed by atoms with Gasteiger partial charge in [0.25, 0.3) is 0 Å². The Bertz CT molecular complexity index is 297. The lowest BCUT2D eigenvalue weighted by molar-refractivity contribution is -0.116. The van der Waals surface area contributed by atoms with E-state index in [0.717, 1.165) is 0 Å². The number of carbonyl (C=O) groups is 1. The topological polar surface area (TPSA) is 49.3 Å². The van der Waals surface area contributed by atoms with Crippen LogP contribution in [-0.4, -0.2) is 16.9 Å². The molecule has 0 aromatic heterocycles. The zero-order valence-corrected chi connectivity index (χ0v) is 8.42. The van der Waals surface area contributed by atoms with Crippen LogP contribution in [0, 0.1) is 0 Å². The summed E-state index contributed by atoms with van der Waals surface area (Å²) in [5.74, 6) is 0.614. The van der Waals surface area contributed by atoms with Crippen LogP contribution in [0.25, 0.3) is 0 Å². The third kappa shape index (κ3) is 3.66. The first kappa shape index (κ1) is 10.9. The number of rotatable bonds is 4. The van der Waals surface area contributed by atoms with Gasteiger partial charge in [-0.25, -0.2) is 0 Å². The lowest BCUT2D eigenvalue weighted by atomic mass is 10.2. The number of aromatic hydroxyl groups is 1. The monoisotopic (exact) mass is 213 g/mol. The quantitative estimate of drug-likeness (QED) is 0.596. The first-order valence-corrected chi connectivity index (χ1v) is 4.90. The zero-order valence-electron chi connectivity index (χ0n) is 7.66. The zero-order chi connectivity index (χ0) is 10.4. The summed E-state index contributed by atoms with van der Waals surface area (Å²) in [6.07, 6.45) is 1.09. The molecule has 1 aromatic rings. The van der Waals surface area contributed by atoms with E-state index in [-0.39, 0.29) is 11.7 Å². The number of hydrogen-bond acceptors (Lipinski definition) is 2. The summed E-state index contributed by atoms with van der Waals surface area (Å²) >= 11 is 5.46. The van der Waals surface area contributed by atoms with Gasteiger partial charge in [0.2, 0.25) is 5.91 Å². The number of nitrogens with one attached hydrogen (secondary N) is 1. The summed E-state index contributed by atoms with van der Waals surface area (Å²) in [7, 11) is 0. The summed E-state index contributed by atoms with van der Waals surface area (Å²) in [5.41, 5.74) is 0.683. The Kier molecular flexibility index (Phi) is 4.26. The third-order valence-corrected chi connectivity index (χ3v) is 1.96. The minimum atomic E-state index is -0.0589. The fourth-order valence-electron chi connectivity index (χ4n) is 0.996. The predicted molar refractivity (Wildman–Crippen MR) is 56.7 cm³/mol. The number of benzene rings is 1. The van der Waals surface area contributed by atoms with E-state index in [1.165, 1.54) is 12.1 Å². The molecule has 0 saturated carbocycles. The standard InChI is InChI=1S/C10H12ClNO2/c11-7-1-2-10(14)12-8-3-5-9(13)6-4-8/h3-6,13H,1-2,7H2,(H,12,14). The smallest absolute Gasteiger partial charge is 0.224 e. The summed E-state index contributed by atoms with van der Waals surface area (Å²) < 4.78 is 0. The normalized spacial score (nSPS) is 9.79. The second kappa shape index (κ2) is 5.50. The number of phenols is 1. The number of phenolic OH excluding ortho intramolecular Hbond substituents is 1. The first-order chi connectivity index (χ1) is 6.72. The Morgan fingerprint density at radius 1 is 1.36 bits per heavy atom. The minimum Gasteiger partial charge on any atom is -0.508 e. The van der Waals surface area contributed by atoms with Crippen LogP contribution >= 0.6 is 11.6 Å². The molecule has 0 saturated heterocycles. The van der Waals surface area contributed by atoms with Crippen molar-refractivity contribution in [3.8, 4) is 5.75 Å². The molecule has 0 spiro atoms.